The van der Waals surface area contributed by atoms with Crippen LogP contribution < -0.4 is 5.32 Å². The fourth-order valence-electron chi connectivity index (χ4n) is 2.30. The van der Waals surface area contributed by atoms with Gasteiger partial charge in [0.25, 0.3) is 5.91 Å². The van der Waals surface area contributed by atoms with Crippen LogP contribution in [0.1, 0.15) is 16.0 Å². The first-order valence-corrected chi connectivity index (χ1v) is 9.14. The number of aromatic nitrogens is 1. The average molecular weight is 396 g/mol. The van der Waals surface area contributed by atoms with Gasteiger partial charge in [0.1, 0.15) is 17.4 Å². The molecule has 3 rings (SSSR count). The Balaban J connectivity index is 1.68. The molecule has 27 heavy (non-hydrogen) atoms. The van der Waals surface area contributed by atoms with E-state index in [1.807, 2.05) is 30.3 Å². The number of carbonyl (C=O) groups excluding carboxylic acids is 1. The Kier molecular flexibility index (Phi) is 5.87. The first kappa shape index (κ1) is 18.6. The molecule has 0 atom stereocenters. The molecule has 5 nitrogen and oxygen atoms in total. The molecule has 1 heterocycles. The summed E-state index contributed by atoms with van der Waals surface area (Å²) in [5, 5.41) is 22.3. The summed E-state index contributed by atoms with van der Waals surface area (Å²) in [6.45, 7) is 0. The monoisotopic (exact) mass is 395 g/mol. The molecule has 0 saturated heterocycles. The Labute approximate surface area is 165 Å². The van der Waals surface area contributed by atoms with Crippen LogP contribution in [0.5, 0.6) is 5.75 Å². The number of carbonyl (C=O) groups is 1. The lowest BCUT2D eigenvalue weighted by molar-refractivity contribution is -0.112. The van der Waals surface area contributed by atoms with E-state index < -0.39 is 5.91 Å². The van der Waals surface area contributed by atoms with Crippen molar-refractivity contribution in [3.8, 4) is 11.8 Å². The van der Waals surface area contributed by atoms with Crippen molar-refractivity contribution >= 4 is 40.1 Å². The van der Waals surface area contributed by atoms with Crippen molar-refractivity contribution in [3.05, 3.63) is 81.3 Å². The minimum atomic E-state index is -0.530. The van der Waals surface area contributed by atoms with Gasteiger partial charge >= 0.3 is 0 Å². The number of nitrogens with one attached hydrogen (secondary N) is 1. The number of phenols is 1. The molecule has 0 unspecified atom stereocenters. The summed E-state index contributed by atoms with van der Waals surface area (Å²) < 4.78 is 0. The second-order valence-corrected chi connectivity index (χ2v) is 7.20. The van der Waals surface area contributed by atoms with Crippen LogP contribution in [0.25, 0.3) is 6.08 Å². The first-order chi connectivity index (χ1) is 13.0. The highest BCUT2D eigenvalue weighted by Gasteiger charge is 2.12. The normalized spacial score (nSPS) is 11.0. The van der Waals surface area contributed by atoms with E-state index in [1.54, 1.807) is 18.3 Å². The lowest BCUT2D eigenvalue weighted by Gasteiger charge is -2.01. The van der Waals surface area contributed by atoms with Crippen LogP contribution in [0.3, 0.4) is 0 Å². The lowest BCUT2D eigenvalue weighted by atomic mass is 10.1. The van der Waals surface area contributed by atoms with E-state index in [0.29, 0.717) is 22.1 Å². The van der Waals surface area contributed by atoms with Crippen LogP contribution in [0.2, 0.25) is 5.02 Å². The highest BCUT2D eigenvalue weighted by molar-refractivity contribution is 7.15. The number of phenolic OH excluding ortho intramolecular Hbond substituents is 1. The van der Waals surface area contributed by atoms with E-state index in [1.165, 1.54) is 29.5 Å². The molecule has 0 spiro atoms. The molecule has 0 aliphatic carbocycles. The summed E-state index contributed by atoms with van der Waals surface area (Å²) in [6.07, 6.45) is 3.83. The Hall–Kier alpha value is -3.14. The number of aromatic hydroxyl groups is 1. The zero-order valence-electron chi connectivity index (χ0n) is 14.0. The minimum absolute atomic E-state index is 0.0462. The summed E-state index contributed by atoms with van der Waals surface area (Å²) in [7, 11) is 0. The summed E-state index contributed by atoms with van der Waals surface area (Å²) in [6, 6.07) is 15.6. The largest absolute Gasteiger partial charge is 0.508 e. The van der Waals surface area contributed by atoms with E-state index in [4.69, 9.17) is 11.6 Å². The molecule has 1 aromatic heterocycles. The highest BCUT2D eigenvalue weighted by Crippen LogP contribution is 2.23. The molecule has 0 aliphatic heterocycles. The van der Waals surface area contributed by atoms with Crippen molar-refractivity contribution in [2.45, 2.75) is 6.42 Å². The van der Waals surface area contributed by atoms with Crippen molar-refractivity contribution in [1.82, 2.24) is 4.98 Å². The fourth-order valence-corrected chi connectivity index (χ4v) is 3.27. The van der Waals surface area contributed by atoms with Gasteiger partial charge in [-0.3, -0.25) is 10.1 Å². The molecule has 1 amide bonds. The maximum Gasteiger partial charge on any atom is 0.268 e. The maximum atomic E-state index is 12.3. The van der Waals surface area contributed by atoms with Crippen molar-refractivity contribution in [3.63, 3.8) is 0 Å². The van der Waals surface area contributed by atoms with Gasteiger partial charge in [-0.25, -0.2) is 4.98 Å². The van der Waals surface area contributed by atoms with Crippen LogP contribution in [-0.2, 0) is 11.2 Å². The third-order valence-electron chi connectivity index (χ3n) is 3.63. The molecule has 3 aromatic rings. The van der Waals surface area contributed by atoms with Gasteiger partial charge in [0.2, 0.25) is 0 Å². The Morgan fingerprint density at radius 1 is 1.22 bits per heavy atom. The van der Waals surface area contributed by atoms with Crippen LogP contribution in [-0.4, -0.2) is 16.0 Å². The predicted octanol–water partition coefficient (Wildman–Crippen LogP) is 4.64. The predicted molar refractivity (Wildman–Crippen MR) is 107 cm³/mol. The van der Waals surface area contributed by atoms with Crippen LogP contribution in [0, 0.1) is 11.3 Å². The zero-order valence-corrected chi connectivity index (χ0v) is 15.6. The third-order valence-corrected chi connectivity index (χ3v) is 4.80. The number of anilines is 1. The number of benzene rings is 2. The Morgan fingerprint density at radius 2 is 1.93 bits per heavy atom. The fraction of sp³-hybridized carbons (Fsp3) is 0.0500. The number of nitriles is 1. The summed E-state index contributed by atoms with van der Waals surface area (Å²) >= 11 is 7.23. The summed E-state index contributed by atoms with van der Waals surface area (Å²) in [5.74, 6) is -0.413. The van der Waals surface area contributed by atoms with Gasteiger partial charge in [0.05, 0.1) is 0 Å². The first-order valence-electron chi connectivity index (χ1n) is 7.95. The number of hydrogen-bond acceptors (Lipinski definition) is 5. The molecular weight excluding hydrogens is 382 g/mol. The third kappa shape index (κ3) is 5.17. The number of amides is 1. The highest BCUT2D eigenvalue weighted by atomic mass is 35.5. The number of nitrogens with zero attached hydrogens (tertiary/aromatic N) is 2. The van der Waals surface area contributed by atoms with Gasteiger partial charge in [-0.1, -0.05) is 35.9 Å². The van der Waals surface area contributed by atoms with E-state index >= 15 is 0 Å². The Bertz CT molecular complexity index is 1020. The van der Waals surface area contributed by atoms with Gasteiger partial charge < -0.3 is 5.11 Å². The number of halogens is 1. The van der Waals surface area contributed by atoms with Gasteiger partial charge in [-0.2, -0.15) is 5.26 Å². The average Bonchev–Trinajstić information content (AvgIpc) is 3.10. The van der Waals surface area contributed by atoms with Crippen LogP contribution >= 0.6 is 22.9 Å². The molecule has 0 bridgehead atoms. The number of hydrogen-bond donors (Lipinski definition) is 2. The smallest absolute Gasteiger partial charge is 0.268 e. The van der Waals surface area contributed by atoms with E-state index in [2.05, 4.69) is 10.3 Å². The van der Waals surface area contributed by atoms with Crippen molar-refractivity contribution in [1.29, 1.82) is 5.26 Å². The van der Waals surface area contributed by atoms with Gasteiger partial charge in [0, 0.05) is 22.5 Å². The summed E-state index contributed by atoms with van der Waals surface area (Å²) in [4.78, 5) is 17.5. The number of rotatable bonds is 5. The van der Waals surface area contributed by atoms with Gasteiger partial charge in [0.15, 0.2) is 5.13 Å². The molecule has 0 radical (unpaired) electrons. The standard InChI is InChI=1S/C20H14ClN3O2S/c21-16-5-1-14(2-6-16)10-18-12-23-20(27-18)24-19(26)15(11-22)9-13-3-7-17(25)8-4-13/h1-9,12,25H,10H2,(H,23,24,26). The SMILES string of the molecule is N#CC(=Cc1ccc(O)cc1)C(=O)Nc1ncc(Cc2ccc(Cl)cc2)s1. The van der Waals surface area contributed by atoms with E-state index in [-0.39, 0.29) is 11.3 Å². The van der Waals surface area contributed by atoms with E-state index in [0.717, 1.165) is 10.4 Å². The second kappa shape index (κ2) is 8.49. The summed E-state index contributed by atoms with van der Waals surface area (Å²) in [5.41, 5.74) is 1.68. The zero-order chi connectivity index (χ0) is 19.2. The lowest BCUT2D eigenvalue weighted by Crippen LogP contribution is -2.13. The topological polar surface area (TPSA) is 86.0 Å². The molecule has 2 aromatic carbocycles. The van der Waals surface area contributed by atoms with Gasteiger partial charge in [-0.15, -0.1) is 11.3 Å². The number of thiazole rings is 1. The molecule has 134 valence electrons. The maximum absolute atomic E-state index is 12.3. The molecule has 0 fully saturated rings. The second-order valence-electron chi connectivity index (χ2n) is 5.65. The molecule has 0 aliphatic rings. The van der Waals surface area contributed by atoms with Crippen LogP contribution in [0.4, 0.5) is 5.13 Å². The van der Waals surface area contributed by atoms with Crippen molar-refractivity contribution in [2.75, 3.05) is 5.32 Å². The van der Waals surface area contributed by atoms with Crippen LogP contribution in [0.15, 0.2) is 60.3 Å². The van der Waals surface area contributed by atoms with Gasteiger partial charge in [-0.05, 0) is 41.5 Å². The van der Waals surface area contributed by atoms with Crippen molar-refractivity contribution < 1.29 is 9.90 Å². The minimum Gasteiger partial charge on any atom is -0.508 e. The Morgan fingerprint density at radius 3 is 2.59 bits per heavy atom. The van der Waals surface area contributed by atoms with E-state index in [9.17, 15) is 15.2 Å². The quantitative estimate of drug-likeness (QED) is 0.486. The molecule has 7 heteroatoms. The molecule has 0 saturated carbocycles. The molecular formula is C20H14ClN3O2S. The van der Waals surface area contributed by atoms with Crippen molar-refractivity contribution in [2.24, 2.45) is 0 Å². The molecule has 2 N–H and O–H groups in total.